The zero-order valence-electron chi connectivity index (χ0n) is 18.5. The van der Waals surface area contributed by atoms with E-state index in [1.54, 1.807) is 0 Å². The minimum Gasteiger partial charge on any atom is -0.0837 e. The summed E-state index contributed by atoms with van der Waals surface area (Å²) in [6.45, 7) is 0. The number of benzene rings is 6. The summed E-state index contributed by atoms with van der Waals surface area (Å²) in [5.41, 5.74) is 7.44. The quantitative estimate of drug-likeness (QED) is 0.229. The largest absolute Gasteiger partial charge is 0.0837 e. The highest BCUT2D eigenvalue weighted by molar-refractivity contribution is 6.36. The summed E-state index contributed by atoms with van der Waals surface area (Å²) in [7, 11) is 0. The van der Waals surface area contributed by atoms with Crippen molar-refractivity contribution >= 4 is 33.1 Å². The van der Waals surface area contributed by atoms with E-state index in [0.717, 1.165) is 10.4 Å². The van der Waals surface area contributed by atoms with Crippen LogP contribution in [0.2, 0.25) is 5.02 Å². The zero-order valence-corrected chi connectivity index (χ0v) is 19.3. The van der Waals surface area contributed by atoms with E-state index in [1.807, 2.05) is 12.1 Å². The SMILES string of the molecule is Clc1cccc2c1ccc1cc3c(cc12)C(c1ccccc1)(c1ccccc1)c1ccccc1-3. The molecule has 1 heteroatoms. The maximum atomic E-state index is 6.60. The van der Waals surface area contributed by atoms with Crippen LogP contribution in [0.15, 0.2) is 127 Å². The molecule has 0 N–H and O–H groups in total. The second-order valence-electron chi connectivity index (χ2n) is 9.05. The molecule has 0 nitrogen and oxygen atoms in total. The van der Waals surface area contributed by atoms with Gasteiger partial charge in [-0.2, -0.15) is 0 Å². The van der Waals surface area contributed by atoms with Crippen molar-refractivity contribution in [1.29, 1.82) is 0 Å². The number of hydrogen-bond donors (Lipinski definition) is 0. The number of fused-ring (bicyclic) bond motifs is 6. The highest BCUT2D eigenvalue weighted by Gasteiger charge is 2.46. The highest BCUT2D eigenvalue weighted by Crippen LogP contribution is 2.57. The van der Waals surface area contributed by atoms with Crippen LogP contribution >= 0.6 is 11.6 Å². The third kappa shape index (κ3) is 2.55. The average molecular weight is 453 g/mol. The Bertz CT molecular complexity index is 1660. The van der Waals surface area contributed by atoms with Crippen molar-refractivity contribution in [2.24, 2.45) is 0 Å². The Morgan fingerprint density at radius 1 is 0.441 bits per heavy atom. The third-order valence-electron chi connectivity index (χ3n) is 7.40. The molecule has 1 aliphatic rings. The number of halogens is 1. The third-order valence-corrected chi connectivity index (χ3v) is 7.73. The molecule has 0 radical (unpaired) electrons. The van der Waals surface area contributed by atoms with Crippen LogP contribution in [0.5, 0.6) is 0 Å². The van der Waals surface area contributed by atoms with Gasteiger partial charge in [-0.15, -0.1) is 0 Å². The molecule has 0 amide bonds. The summed E-state index contributed by atoms with van der Waals surface area (Å²) in [5, 5.41) is 5.56. The van der Waals surface area contributed by atoms with E-state index in [2.05, 4.69) is 115 Å². The highest BCUT2D eigenvalue weighted by atomic mass is 35.5. The predicted molar refractivity (Wildman–Crippen MR) is 144 cm³/mol. The molecule has 34 heavy (non-hydrogen) atoms. The molecular formula is C33H21Cl. The molecule has 0 heterocycles. The van der Waals surface area contributed by atoms with Crippen molar-refractivity contribution in [3.05, 3.63) is 155 Å². The molecule has 1 aliphatic carbocycles. The van der Waals surface area contributed by atoms with Crippen molar-refractivity contribution in [2.45, 2.75) is 5.41 Å². The van der Waals surface area contributed by atoms with Crippen molar-refractivity contribution in [2.75, 3.05) is 0 Å². The lowest BCUT2D eigenvalue weighted by atomic mass is 9.67. The van der Waals surface area contributed by atoms with E-state index in [9.17, 15) is 0 Å². The van der Waals surface area contributed by atoms with Crippen molar-refractivity contribution in [3.63, 3.8) is 0 Å². The van der Waals surface area contributed by atoms with Crippen LogP contribution in [0.4, 0.5) is 0 Å². The van der Waals surface area contributed by atoms with E-state index in [1.165, 1.54) is 49.5 Å². The molecule has 6 aromatic carbocycles. The van der Waals surface area contributed by atoms with Gasteiger partial charge in [0.05, 0.1) is 5.41 Å². The van der Waals surface area contributed by atoms with Gasteiger partial charge in [-0.05, 0) is 67.7 Å². The first-order chi connectivity index (χ1) is 16.8. The van der Waals surface area contributed by atoms with E-state index in [-0.39, 0.29) is 5.41 Å². The topological polar surface area (TPSA) is 0 Å². The average Bonchev–Trinajstić information content (AvgIpc) is 3.19. The zero-order chi connectivity index (χ0) is 22.7. The Labute approximate surface area is 204 Å². The molecule has 160 valence electrons. The van der Waals surface area contributed by atoms with Gasteiger partial charge in [-0.25, -0.2) is 0 Å². The van der Waals surface area contributed by atoms with E-state index in [0.29, 0.717) is 0 Å². The Kier molecular flexibility index (Phi) is 4.21. The van der Waals surface area contributed by atoms with Crippen LogP contribution < -0.4 is 0 Å². The summed E-state index contributed by atoms with van der Waals surface area (Å²) in [6.07, 6.45) is 0. The minimum atomic E-state index is -0.386. The first kappa shape index (κ1) is 19.6. The molecule has 0 aliphatic heterocycles. The molecule has 0 fully saturated rings. The standard InChI is InChI=1S/C33H21Cl/c34-32-17-9-15-25-27(32)19-18-22-20-29-26-14-7-8-16-30(26)33(31(29)21-28(22)25,23-10-3-1-4-11-23)24-12-5-2-6-13-24/h1-21H. The Morgan fingerprint density at radius 2 is 1.12 bits per heavy atom. The summed E-state index contributed by atoms with van der Waals surface area (Å²) in [4.78, 5) is 0. The summed E-state index contributed by atoms with van der Waals surface area (Å²) in [5.74, 6) is 0. The fraction of sp³-hybridized carbons (Fsp3) is 0.0303. The lowest BCUT2D eigenvalue weighted by Crippen LogP contribution is -2.28. The maximum Gasteiger partial charge on any atom is 0.0713 e. The maximum absolute atomic E-state index is 6.60. The molecule has 0 bridgehead atoms. The monoisotopic (exact) mass is 452 g/mol. The molecule has 7 rings (SSSR count). The van der Waals surface area contributed by atoms with Crippen molar-refractivity contribution < 1.29 is 0 Å². The van der Waals surface area contributed by atoms with E-state index >= 15 is 0 Å². The fourth-order valence-electron chi connectivity index (χ4n) is 5.99. The number of rotatable bonds is 2. The lowest BCUT2D eigenvalue weighted by Gasteiger charge is -2.34. The van der Waals surface area contributed by atoms with Crippen LogP contribution in [-0.4, -0.2) is 0 Å². The van der Waals surface area contributed by atoms with Crippen molar-refractivity contribution in [3.8, 4) is 11.1 Å². The van der Waals surface area contributed by atoms with Gasteiger partial charge in [0.1, 0.15) is 0 Å². The molecule has 0 saturated heterocycles. The van der Waals surface area contributed by atoms with Crippen LogP contribution in [0.1, 0.15) is 22.3 Å². The molecule has 6 aromatic rings. The van der Waals surface area contributed by atoms with Crippen LogP contribution in [-0.2, 0) is 5.41 Å². The van der Waals surface area contributed by atoms with Gasteiger partial charge in [0.15, 0.2) is 0 Å². The normalized spacial score (nSPS) is 13.7. The minimum absolute atomic E-state index is 0.386. The Morgan fingerprint density at radius 3 is 1.85 bits per heavy atom. The van der Waals surface area contributed by atoms with Crippen LogP contribution in [0, 0.1) is 0 Å². The smallest absolute Gasteiger partial charge is 0.0713 e. The Hall–Kier alpha value is -3.87. The van der Waals surface area contributed by atoms with Gasteiger partial charge >= 0.3 is 0 Å². The fourth-order valence-corrected chi connectivity index (χ4v) is 6.23. The van der Waals surface area contributed by atoms with Gasteiger partial charge in [-0.3, -0.25) is 0 Å². The van der Waals surface area contributed by atoms with Gasteiger partial charge in [-0.1, -0.05) is 121 Å². The molecule has 0 unspecified atom stereocenters. The molecule has 0 spiro atoms. The van der Waals surface area contributed by atoms with Gasteiger partial charge in [0.25, 0.3) is 0 Å². The summed E-state index contributed by atoms with van der Waals surface area (Å²) >= 11 is 6.60. The van der Waals surface area contributed by atoms with Crippen LogP contribution in [0.25, 0.3) is 32.7 Å². The molecule has 0 saturated carbocycles. The van der Waals surface area contributed by atoms with E-state index < -0.39 is 0 Å². The lowest BCUT2D eigenvalue weighted by molar-refractivity contribution is 0.769. The molecular weight excluding hydrogens is 432 g/mol. The van der Waals surface area contributed by atoms with Gasteiger partial charge in [0.2, 0.25) is 0 Å². The molecule has 0 aromatic heterocycles. The van der Waals surface area contributed by atoms with Crippen LogP contribution in [0.3, 0.4) is 0 Å². The van der Waals surface area contributed by atoms with E-state index in [4.69, 9.17) is 11.6 Å². The van der Waals surface area contributed by atoms with Crippen molar-refractivity contribution in [1.82, 2.24) is 0 Å². The Balaban J connectivity index is 1.70. The number of hydrogen-bond acceptors (Lipinski definition) is 0. The first-order valence-corrected chi connectivity index (χ1v) is 12.0. The first-order valence-electron chi connectivity index (χ1n) is 11.6. The predicted octanol–water partition coefficient (Wildman–Crippen LogP) is 9.01. The van der Waals surface area contributed by atoms with Gasteiger partial charge < -0.3 is 0 Å². The summed E-state index contributed by atoms with van der Waals surface area (Å²) in [6, 6.07) is 46.1. The second kappa shape index (κ2) is 7.32. The molecule has 0 atom stereocenters. The summed E-state index contributed by atoms with van der Waals surface area (Å²) < 4.78 is 0. The van der Waals surface area contributed by atoms with Gasteiger partial charge in [0, 0.05) is 10.4 Å². The second-order valence-corrected chi connectivity index (χ2v) is 9.45.